The van der Waals surface area contributed by atoms with Crippen molar-refractivity contribution in [3.8, 4) is 17.7 Å². The summed E-state index contributed by atoms with van der Waals surface area (Å²) in [5, 5.41) is 19.9. The molecule has 0 aliphatic rings. The number of benzene rings is 1. The van der Waals surface area contributed by atoms with E-state index in [1.807, 2.05) is 6.07 Å². The summed E-state index contributed by atoms with van der Waals surface area (Å²) in [6.07, 6.45) is 1.16. The van der Waals surface area contributed by atoms with Gasteiger partial charge in [-0.15, -0.1) is 11.6 Å². The molecule has 0 N–H and O–H groups in total. The van der Waals surface area contributed by atoms with Gasteiger partial charge in [0.1, 0.15) is 11.5 Å². The Bertz CT molecular complexity index is 746. The summed E-state index contributed by atoms with van der Waals surface area (Å²) >= 11 is 11.6. The first kappa shape index (κ1) is 15.0. The maximum atomic E-state index is 11.0. The SMILES string of the molecule is N#Cc1ccc(Oc2ncnc(Cl)c2CCl)c([N+](=O)[O-])c1. The molecule has 106 valence electrons. The predicted molar refractivity (Wildman–Crippen MR) is 74.5 cm³/mol. The third-order valence-corrected chi connectivity index (χ3v) is 3.07. The zero-order valence-corrected chi connectivity index (χ0v) is 11.8. The lowest BCUT2D eigenvalue weighted by molar-refractivity contribution is -0.385. The quantitative estimate of drug-likeness (QED) is 0.369. The molecule has 0 aliphatic heterocycles. The maximum Gasteiger partial charge on any atom is 0.312 e. The van der Waals surface area contributed by atoms with Crippen LogP contribution in [0.25, 0.3) is 0 Å². The standard InChI is InChI=1S/C12H6Cl2N4O3/c13-4-8-11(14)16-6-17-12(8)21-10-2-1-7(5-15)3-9(10)18(19)20/h1-3,6H,4H2. The maximum absolute atomic E-state index is 11.0. The van der Waals surface area contributed by atoms with Crippen LogP contribution in [0.1, 0.15) is 11.1 Å². The number of alkyl halides is 1. The van der Waals surface area contributed by atoms with Crippen molar-refractivity contribution in [2.24, 2.45) is 0 Å². The normalized spacial score (nSPS) is 9.95. The highest BCUT2D eigenvalue weighted by atomic mass is 35.5. The number of aromatic nitrogens is 2. The fourth-order valence-electron chi connectivity index (χ4n) is 1.50. The van der Waals surface area contributed by atoms with Gasteiger partial charge in [-0.05, 0) is 12.1 Å². The van der Waals surface area contributed by atoms with Gasteiger partial charge in [0.15, 0.2) is 0 Å². The van der Waals surface area contributed by atoms with Crippen molar-refractivity contribution in [1.29, 1.82) is 5.26 Å². The zero-order valence-electron chi connectivity index (χ0n) is 10.3. The smallest absolute Gasteiger partial charge is 0.312 e. The minimum absolute atomic E-state index is 0.0148. The van der Waals surface area contributed by atoms with Crippen molar-refractivity contribution < 1.29 is 9.66 Å². The molecule has 0 unspecified atom stereocenters. The molecule has 0 radical (unpaired) electrons. The Balaban J connectivity index is 2.47. The van der Waals surface area contributed by atoms with Gasteiger partial charge in [0.25, 0.3) is 0 Å². The molecule has 0 atom stereocenters. The van der Waals surface area contributed by atoms with E-state index in [1.54, 1.807) is 0 Å². The van der Waals surface area contributed by atoms with Gasteiger partial charge in [-0.1, -0.05) is 11.6 Å². The van der Waals surface area contributed by atoms with E-state index in [9.17, 15) is 10.1 Å². The number of halogens is 2. The molecule has 0 spiro atoms. The number of hydrogen-bond donors (Lipinski definition) is 0. The van der Waals surface area contributed by atoms with Crippen LogP contribution < -0.4 is 4.74 Å². The highest BCUT2D eigenvalue weighted by Crippen LogP contribution is 2.34. The number of rotatable bonds is 4. The third-order valence-electron chi connectivity index (χ3n) is 2.48. The van der Waals surface area contributed by atoms with Crippen molar-refractivity contribution >= 4 is 28.9 Å². The number of nitro groups is 1. The van der Waals surface area contributed by atoms with E-state index in [0.717, 1.165) is 12.4 Å². The number of hydrogen-bond acceptors (Lipinski definition) is 6. The van der Waals surface area contributed by atoms with Crippen LogP contribution in [0.3, 0.4) is 0 Å². The molecule has 7 nitrogen and oxygen atoms in total. The number of nitrogens with zero attached hydrogens (tertiary/aromatic N) is 4. The average molecular weight is 325 g/mol. The molecule has 21 heavy (non-hydrogen) atoms. The molecule has 0 saturated heterocycles. The molecule has 2 aromatic rings. The Kier molecular flexibility index (Phi) is 4.52. The topological polar surface area (TPSA) is 102 Å². The van der Waals surface area contributed by atoms with E-state index < -0.39 is 4.92 Å². The second kappa shape index (κ2) is 6.35. The zero-order chi connectivity index (χ0) is 15.4. The van der Waals surface area contributed by atoms with Gasteiger partial charge < -0.3 is 4.74 Å². The Labute approximate surface area is 128 Å². The van der Waals surface area contributed by atoms with Gasteiger partial charge in [-0.3, -0.25) is 10.1 Å². The molecular formula is C12H6Cl2N4O3. The van der Waals surface area contributed by atoms with Gasteiger partial charge in [0.05, 0.1) is 28.0 Å². The van der Waals surface area contributed by atoms with E-state index in [0.29, 0.717) is 5.56 Å². The summed E-state index contributed by atoms with van der Waals surface area (Å²) in [4.78, 5) is 18.0. The molecule has 0 amide bonds. The Morgan fingerprint density at radius 2 is 2.19 bits per heavy atom. The van der Waals surface area contributed by atoms with E-state index in [1.165, 1.54) is 12.1 Å². The first-order chi connectivity index (χ1) is 10.1. The van der Waals surface area contributed by atoms with Gasteiger partial charge in [0.2, 0.25) is 11.6 Å². The first-order valence-corrected chi connectivity index (χ1v) is 6.39. The van der Waals surface area contributed by atoms with E-state index in [2.05, 4.69) is 9.97 Å². The van der Waals surface area contributed by atoms with Crippen LogP contribution >= 0.6 is 23.2 Å². The monoisotopic (exact) mass is 324 g/mol. The van der Waals surface area contributed by atoms with Crippen LogP contribution in [0.2, 0.25) is 5.15 Å². The van der Waals surface area contributed by atoms with Gasteiger partial charge in [0, 0.05) is 6.07 Å². The van der Waals surface area contributed by atoms with Crippen LogP contribution in [-0.2, 0) is 5.88 Å². The van der Waals surface area contributed by atoms with Gasteiger partial charge in [-0.2, -0.15) is 5.26 Å². The van der Waals surface area contributed by atoms with Crippen molar-refractivity contribution in [2.75, 3.05) is 0 Å². The van der Waals surface area contributed by atoms with Crippen molar-refractivity contribution in [3.63, 3.8) is 0 Å². The number of ether oxygens (including phenoxy) is 1. The van der Waals surface area contributed by atoms with Crippen LogP contribution in [0.5, 0.6) is 11.6 Å². The Morgan fingerprint density at radius 3 is 2.81 bits per heavy atom. The lowest BCUT2D eigenvalue weighted by atomic mass is 10.2. The lowest BCUT2D eigenvalue weighted by Gasteiger charge is -2.09. The van der Waals surface area contributed by atoms with E-state index >= 15 is 0 Å². The summed E-state index contributed by atoms with van der Waals surface area (Å²) in [6.45, 7) is 0. The van der Waals surface area contributed by atoms with Crippen LogP contribution in [0, 0.1) is 21.4 Å². The molecule has 2 rings (SSSR count). The highest BCUT2D eigenvalue weighted by Gasteiger charge is 2.19. The van der Waals surface area contributed by atoms with E-state index in [-0.39, 0.29) is 33.9 Å². The lowest BCUT2D eigenvalue weighted by Crippen LogP contribution is -1.99. The highest BCUT2D eigenvalue weighted by molar-refractivity contribution is 6.31. The molecule has 0 fully saturated rings. The largest absolute Gasteiger partial charge is 0.431 e. The van der Waals surface area contributed by atoms with Crippen LogP contribution in [0.15, 0.2) is 24.5 Å². The molecule has 1 aromatic carbocycles. The summed E-state index contributed by atoms with van der Waals surface area (Å²) in [5.74, 6) is -0.0584. The van der Waals surface area contributed by atoms with Crippen molar-refractivity contribution in [1.82, 2.24) is 9.97 Å². The molecule has 1 heterocycles. The summed E-state index contributed by atoms with van der Waals surface area (Å²) in [6, 6.07) is 5.63. The van der Waals surface area contributed by atoms with Gasteiger partial charge >= 0.3 is 5.69 Å². The summed E-state index contributed by atoms with van der Waals surface area (Å²) in [5.41, 5.74) is 0.108. The summed E-state index contributed by atoms with van der Waals surface area (Å²) in [7, 11) is 0. The molecule has 0 aliphatic carbocycles. The molecular weight excluding hydrogens is 319 g/mol. The molecule has 0 bridgehead atoms. The third kappa shape index (κ3) is 3.18. The number of nitro benzene ring substituents is 1. The Morgan fingerprint density at radius 1 is 1.43 bits per heavy atom. The second-order valence-electron chi connectivity index (χ2n) is 3.74. The average Bonchev–Trinajstić information content (AvgIpc) is 2.47. The second-order valence-corrected chi connectivity index (χ2v) is 4.36. The fourth-order valence-corrected chi connectivity index (χ4v) is 2.00. The Hall–Kier alpha value is -2.43. The van der Waals surface area contributed by atoms with Crippen LogP contribution in [-0.4, -0.2) is 14.9 Å². The van der Waals surface area contributed by atoms with Crippen molar-refractivity contribution in [2.45, 2.75) is 5.88 Å². The van der Waals surface area contributed by atoms with Gasteiger partial charge in [-0.25, -0.2) is 9.97 Å². The number of nitriles is 1. The first-order valence-electron chi connectivity index (χ1n) is 5.48. The van der Waals surface area contributed by atoms with E-state index in [4.69, 9.17) is 33.2 Å². The predicted octanol–water partition coefficient (Wildman–Crippen LogP) is 3.44. The molecule has 9 heteroatoms. The van der Waals surface area contributed by atoms with Crippen molar-refractivity contribution in [3.05, 3.63) is 50.9 Å². The molecule has 0 saturated carbocycles. The molecule has 1 aromatic heterocycles. The minimum Gasteiger partial charge on any atom is -0.431 e. The van der Waals surface area contributed by atoms with Crippen LogP contribution in [0.4, 0.5) is 5.69 Å². The minimum atomic E-state index is -0.653. The summed E-state index contributed by atoms with van der Waals surface area (Å²) < 4.78 is 5.40. The fraction of sp³-hybridized carbons (Fsp3) is 0.0833.